The fourth-order valence-corrected chi connectivity index (χ4v) is 3.34. The zero-order valence-corrected chi connectivity index (χ0v) is 9.52. The van der Waals surface area contributed by atoms with Crippen LogP contribution in [0.5, 0.6) is 0 Å². The molecule has 1 atom stereocenters. The van der Waals surface area contributed by atoms with Crippen molar-refractivity contribution in [3.63, 3.8) is 0 Å². The third kappa shape index (κ3) is 1.89. The molecular formula is C10H9N3O3S. The molecule has 1 aliphatic heterocycles. The van der Waals surface area contributed by atoms with Crippen LogP contribution in [0, 0.1) is 5.41 Å². The van der Waals surface area contributed by atoms with Crippen LogP contribution < -0.4 is 0 Å². The molecule has 17 heavy (non-hydrogen) atoms. The lowest BCUT2D eigenvalue weighted by Crippen LogP contribution is -2.34. The average Bonchev–Trinajstić information content (AvgIpc) is 2.28. The van der Waals surface area contributed by atoms with E-state index >= 15 is 0 Å². The Morgan fingerprint density at radius 3 is 2.76 bits per heavy atom. The first-order valence-electron chi connectivity index (χ1n) is 4.81. The molecule has 1 heterocycles. The fraction of sp³-hybridized carbons (Fsp3) is 0.200. The predicted molar refractivity (Wildman–Crippen MR) is 59.8 cm³/mol. The summed E-state index contributed by atoms with van der Waals surface area (Å²) in [6.07, 6.45) is 0.625. The van der Waals surface area contributed by atoms with Crippen LogP contribution in [0.15, 0.2) is 39.4 Å². The third-order valence-electron chi connectivity index (χ3n) is 2.44. The van der Waals surface area contributed by atoms with Gasteiger partial charge in [-0.05, 0) is 11.6 Å². The van der Waals surface area contributed by atoms with Gasteiger partial charge in [0.25, 0.3) is 0 Å². The second kappa shape index (κ2) is 4.17. The lowest BCUT2D eigenvalue weighted by Gasteiger charge is -2.19. The van der Waals surface area contributed by atoms with E-state index in [2.05, 4.69) is 10.2 Å². The molecule has 0 aromatic heterocycles. The van der Waals surface area contributed by atoms with E-state index in [-0.39, 0.29) is 11.3 Å². The van der Waals surface area contributed by atoms with Crippen molar-refractivity contribution in [3.05, 3.63) is 29.8 Å². The van der Waals surface area contributed by atoms with E-state index in [9.17, 15) is 13.2 Å². The number of rotatable bonds is 2. The summed E-state index contributed by atoms with van der Waals surface area (Å²) in [5.41, 5.74) is 0.485. The van der Waals surface area contributed by atoms with E-state index in [4.69, 9.17) is 5.41 Å². The van der Waals surface area contributed by atoms with Crippen molar-refractivity contribution in [1.82, 2.24) is 0 Å². The van der Waals surface area contributed by atoms with Gasteiger partial charge < -0.3 is 0 Å². The molecule has 1 unspecified atom stereocenters. The fourth-order valence-electron chi connectivity index (χ4n) is 1.72. The quantitative estimate of drug-likeness (QED) is 0.481. The number of azo groups is 1. The normalized spacial score (nSPS) is 22.4. The van der Waals surface area contributed by atoms with Crippen molar-refractivity contribution in [2.45, 2.75) is 16.7 Å². The monoisotopic (exact) mass is 251 g/mol. The average molecular weight is 251 g/mol. The van der Waals surface area contributed by atoms with Crippen molar-refractivity contribution in [2.75, 3.05) is 0 Å². The minimum atomic E-state index is -3.82. The van der Waals surface area contributed by atoms with Gasteiger partial charge in [0.15, 0.2) is 5.78 Å². The maximum atomic E-state index is 12.1. The van der Waals surface area contributed by atoms with E-state index in [0.717, 1.165) is 0 Å². The molecule has 1 aliphatic rings. The molecule has 1 N–H and O–H groups in total. The zero-order chi connectivity index (χ0) is 12.5. The number of hydrogen-bond acceptors (Lipinski definition) is 5. The van der Waals surface area contributed by atoms with Crippen molar-refractivity contribution in [1.29, 1.82) is 5.41 Å². The number of nitrogens with zero attached hydrogens (tertiary/aromatic N) is 2. The van der Waals surface area contributed by atoms with Crippen molar-refractivity contribution in [2.24, 2.45) is 10.2 Å². The Kier molecular flexibility index (Phi) is 2.84. The second-order valence-corrected chi connectivity index (χ2v) is 5.48. The highest BCUT2D eigenvalue weighted by Gasteiger charge is 2.39. The third-order valence-corrected chi connectivity index (χ3v) is 4.40. The van der Waals surface area contributed by atoms with Crippen LogP contribution in [0.2, 0.25) is 0 Å². The molecule has 0 saturated carbocycles. The highest BCUT2D eigenvalue weighted by molar-refractivity contribution is 7.93. The molecular weight excluding hydrogens is 242 g/mol. The number of sulfone groups is 1. The molecule has 0 fully saturated rings. The molecule has 0 bridgehead atoms. The number of fused-ring (bicyclic) bond motifs is 1. The molecule has 7 heteroatoms. The Morgan fingerprint density at radius 1 is 1.35 bits per heavy atom. The number of benzene rings is 1. The molecule has 0 spiro atoms. The van der Waals surface area contributed by atoms with E-state index < -0.39 is 21.0 Å². The molecule has 6 nitrogen and oxygen atoms in total. The van der Waals surface area contributed by atoms with Gasteiger partial charge in [0.2, 0.25) is 15.2 Å². The summed E-state index contributed by atoms with van der Waals surface area (Å²) in [6.45, 7) is 0. The standard InChI is InChI=1S/C10H9N3O3S/c11-6-12-13-10-8(14)5-7-3-1-2-4-9(7)17(10,15)16/h1-4,6,10-11H,5H2. The van der Waals surface area contributed by atoms with E-state index in [0.29, 0.717) is 11.9 Å². The van der Waals surface area contributed by atoms with E-state index in [1.54, 1.807) is 18.2 Å². The molecule has 0 aliphatic carbocycles. The van der Waals surface area contributed by atoms with Gasteiger partial charge in [0.05, 0.1) is 4.90 Å². The molecule has 0 amide bonds. The smallest absolute Gasteiger partial charge is 0.234 e. The van der Waals surface area contributed by atoms with Crippen LogP contribution in [-0.2, 0) is 21.1 Å². The van der Waals surface area contributed by atoms with Crippen LogP contribution >= 0.6 is 0 Å². The van der Waals surface area contributed by atoms with Gasteiger partial charge in [-0.15, -0.1) is 5.11 Å². The van der Waals surface area contributed by atoms with Gasteiger partial charge >= 0.3 is 0 Å². The van der Waals surface area contributed by atoms with Gasteiger partial charge in [0.1, 0.15) is 6.34 Å². The summed E-state index contributed by atoms with van der Waals surface area (Å²) in [4.78, 5) is 11.8. The summed E-state index contributed by atoms with van der Waals surface area (Å²) in [6, 6.07) is 6.33. The van der Waals surface area contributed by atoms with Crippen molar-refractivity contribution in [3.8, 4) is 0 Å². The molecule has 1 aromatic carbocycles. The minimum absolute atomic E-state index is 0.0249. The van der Waals surface area contributed by atoms with Crippen molar-refractivity contribution < 1.29 is 13.2 Å². The highest BCUT2D eigenvalue weighted by Crippen LogP contribution is 2.28. The van der Waals surface area contributed by atoms with Gasteiger partial charge in [-0.1, -0.05) is 18.2 Å². The molecule has 0 saturated heterocycles. The van der Waals surface area contributed by atoms with Gasteiger partial charge in [-0.25, -0.2) is 8.42 Å². The number of carbonyl (C=O) groups is 1. The number of hydrogen-bond donors (Lipinski definition) is 1. The molecule has 1 aromatic rings. The zero-order valence-electron chi connectivity index (χ0n) is 8.70. The lowest BCUT2D eigenvalue weighted by atomic mass is 10.1. The Labute approximate surface area is 97.8 Å². The first kappa shape index (κ1) is 11.6. The highest BCUT2D eigenvalue weighted by atomic mass is 32.2. The Balaban J connectivity index is 2.59. The topological polar surface area (TPSA) is 99.8 Å². The summed E-state index contributed by atoms with van der Waals surface area (Å²) >= 11 is 0. The lowest BCUT2D eigenvalue weighted by molar-refractivity contribution is -0.118. The van der Waals surface area contributed by atoms with Gasteiger partial charge in [0, 0.05) is 6.42 Å². The predicted octanol–water partition coefficient (Wildman–Crippen LogP) is 0.971. The van der Waals surface area contributed by atoms with Crippen LogP contribution in [0.1, 0.15) is 5.56 Å². The van der Waals surface area contributed by atoms with Crippen molar-refractivity contribution >= 4 is 22.0 Å². The summed E-state index contributed by atoms with van der Waals surface area (Å²) in [5.74, 6) is -0.519. The number of ketones is 1. The molecule has 0 radical (unpaired) electrons. The molecule has 88 valence electrons. The number of carbonyl (C=O) groups excluding carboxylic acids is 1. The minimum Gasteiger partial charge on any atom is -0.296 e. The van der Waals surface area contributed by atoms with Crippen LogP contribution in [0.3, 0.4) is 0 Å². The summed E-state index contributed by atoms with van der Waals surface area (Å²) < 4.78 is 24.1. The van der Waals surface area contributed by atoms with E-state index in [1.165, 1.54) is 6.07 Å². The second-order valence-electron chi connectivity index (χ2n) is 3.51. The Bertz CT molecular complexity index is 607. The largest absolute Gasteiger partial charge is 0.296 e. The first-order chi connectivity index (χ1) is 8.07. The maximum absolute atomic E-state index is 12.1. The van der Waals surface area contributed by atoms with Gasteiger partial charge in [-0.2, -0.15) is 5.11 Å². The van der Waals surface area contributed by atoms with Gasteiger partial charge in [-0.3, -0.25) is 10.2 Å². The Hall–Kier alpha value is -1.89. The number of nitrogens with one attached hydrogen (secondary N) is 1. The SMILES string of the molecule is N=CN=NC1C(=O)Cc2ccccc2S1(=O)=O. The summed E-state index contributed by atoms with van der Waals surface area (Å²) in [5, 5.41) is 11.7. The van der Waals surface area contributed by atoms with E-state index in [1.807, 2.05) is 0 Å². The molecule has 2 rings (SSSR count). The number of Topliss-reactive ketones (excluding diaryl/α,β-unsaturated/α-hetero) is 1. The maximum Gasteiger partial charge on any atom is 0.234 e. The van der Waals surface area contributed by atoms with Crippen LogP contribution in [0.25, 0.3) is 0 Å². The summed E-state index contributed by atoms with van der Waals surface area (Å²) in [7, 11) is -3.82. The van der Waals surface area contributed by atoms with Crippen LogP contribution in [0.4, 0.5) is 0 Å². The van der Waals surface area contributed by atoms with Crippen LogP contribution in [-0.4, -0.2) is 25.9 Å². The first-order valence-corrected chi connectivity index (χ1v) is 6.35. The Morgan fingerprint density at radius 2 is 2.06 bits per heavy atom.